The molecule has 1 aliphatic rings. The summed E-state index contributed by atoms with van der Waals surface area (Å²) >= 11 is 0. The van der Waals surface area contributed by atoms with Crippen molar-refractivity contribution in [2.75, 3.05) is 25.0 Å². The summed E-state index contributed by atoms with van der Waals surface area (Å²) in [7, 11) is 2.10. The Labute approximate surface area is 161 Å². The molecule has 0 bridgehead atoms. The quantitative estimate of drug-likeness (QED) is 0.686. The normalized spacial score (nSPS) is 15.3. The van der Waals surface area contributed by atoms with E-state index in [2.05, 4.69) is 52.2 Å². The smallest absolute Gasteiger partial charge is 0.145 e. The summed E-state index contributed by atoms with van der Waals surface area (Å²) in [6.07, 6.45) is 6.96. The molecule has 4 rings (SSSR count). The van der Waals surface area contributed by atoms with Gasteiger partial charge in [0.25, 0.3) is 0 Å². The van der Waals surface area contributed by atoms with E-state index in [-0.39, 0.29) is 0 Å². The zero-order valence-electron chi connectivity index (χ0n) is 16.0. The Morgan fingerprint density at radius 1 is 0.889 bits per heavy atom. The van der Waals surface area contributed by atoms with E-state index < -0.39 is 0 Å². The van der Waals surface area contributed by atoms with Gasteiger partial charge in [0, 0.05) is 31.2 Å². The molecule has 1 fully saturated rings. The molecular weight excluding hydrogens is 334 g/mol. The molecule has 5 nitrogen and oxygen atoms in total. The van der Waals surface area contributed by atoms with Crippen molar-refractivity contribution in [2.45, 2.75) is 38.8 Å². The highest BCUT2D eigenvalue weighted by Crippen LogP contribution is 2.26. The molecule has 0 aliphatic carbocycles. The second kappa shape index (κ2) is 8.44. The Morgan fingerprint density at radius 3 is 2.44 bits per heavy atom. The Bertz CT molecular complexity index is 872. The van der Waals surface area contributed by atoms with Crippen molar-refractivity contribution in [3.05, 3.63) is 60.2 Å². The maximum atomic E-state index is 5.00. The van der Waals surface area contributed by atoms with Crippen molar-refractivity contribution in [1.82, 2.24) is 19.9 Å². The van der Waals surface area contributed by atoms with Crippen LogP contribution in [0, 0.1) is 0 Å². The highest BCUT2D eigenvalue weighted by molar-refractivity contribution is 5.89. The van der Waals surface area contributed by atoms with Gasteiger partial charge in [0.1, 0.15) is 11.6 Å². The SMILES string of the molecule is CN(Cc1ccccn1)Cc1nc(N2CCCCCC2)c2ccccc2n1. The van der Waals surface area contributed by atoms with Gasteiger partial charge in [0.15, 0.2) is 0 Å². The maximum Gasteiger partial charge on any atom is 0.145 e. The van der Waals surface area contributed by atoms with Gasteiger partial charge >= 0.3 is 0 Å². The Balaban J connectivity index is 1.60. The predicted octanol–water partition coefficient (Wildman–Crippen LogP) is 4.04. The Kier molecular flexibility index (Phi) is 5.58. The number of hydrogen-bond acceptors (Lipinski definition) is 5. The molecule has 0 saturated carbocycles. The largest absolute Gasteiger partial charge is 0.356 e. The van der Waals surface area contributed by atoms with Gasteiger partial charge in [-0.3, -0.25) is 9.88 Å². The first-order valence-corrected chi connectivity index (χ1v) is 9.89. The third-order valence-corrected chi connectivity index (χ3v) is 5.10. The molecule has 140 valence electrons. The second-order valence-corrected chi connectivity index (χ2v) is 7.38. The first-order valence-electron chi connectivity index (χ1n) is 9.89. The van der Waals surface area contributed by atoms with Gasteiger partial charge in [-0.25, -0.2) is 9.97 Å². The van der Waals surface area contributed by atoms with E-state index in [4.69, 9.17) is 9.97 Å². The van der Waals surface area contributed by atoms with Crippen molar-refractivity contribution in [2.24, 2.45) is 0 Å². The minimum atomic E-state index is 0.711. The molecular formula is C22H27N5. The van der Waals surface area contributed by atoms with E-state index in [1.165, 1.54) is 25.7 Å². The van der Waals surface area contributed by atoms with Crippen molar-refractivity contribution in [1.29, 1.82) is 0 Å². The molecule has 0 radical (unpaired) electrons. The third kappa shape index (κ3) is 4.42. The summed E-state index contributed by atoms with van der Waals surface area (Å²) in [6.45, 7) is 3.67. The molecule has 27 heavy (non-hydrogen) atoms. The van der Waals surface area contributed by atoms with E-state index in [0.717, 1.165) is 47.9 Å². The van der Waals surface area contributed by atoms with Gasteiger partial charge in [-0.2, -0.15) is 0 Å². The average molecular weight is 361 g/mol. The Hall–Kier alpha value is -2.53. The van der Waals surface area contributed by atoms with Gasteiger partial charge in [-0.05, 0) is 44.2 Å². The van der Waals surface area contributed by atoms with Crippen LogP contribution in [0.25, 0.3) is 10.9 Å². The third-order valence-electron chi connectivity index (χ3n) is 5.10. The van der Waals surface area contributed by atoms with E-state index in [1.54, 1.807) is 0 Å². The van der Waals surface area contributed by atoms with Crippen molar-refractivity contribution in [3.8, 4) is 0 Å². The lowest BCUT2D eigenvalue weighted by Crippen LogP contribution is -2.26. The monoisotopic (exact) mass is 361 g/mol. The summed E-state index contributed by atoms with van der Waals surface area (Å²) in [6, 6.07) is 14.4. The molecule has 5 heteroatoms. The minimum Gasteiger partial charge on any atom is -0.356 e. The molecule has 0 atom stereocenters. The summed E-state index contributed by atoms with van der Waals surface area (Å²) in [5, 5.41) is 1.16. The van der Waals surface area contributed by atoms with Gasteiger partial charge in [-0.1, -0.05) is 31.0 Å². The first-order chi connectivity index (χ1) is 13.3. The fourth-order valence-electron chi connectivity index (χ4n) is 3.77. The number of nitrogens with zero attached hydrogens (tertiary/aromatic N) is 5. The number of pyridine rings is 1. The first kappa shape index (κ1) is 17.9. The van der Waals surface area contributed by atoms with Crippen LogP contribution in [-0.4, -0.2) is 40.0 Å². The van der Waals surface area contributed by atoms with Gasteiger partial charge in [-0.15, -0.1) is 0 Å². The predicted molar refractivity (Wildman–Crippen MR) is 110 cm³/mol. The fraction of sp³-hybridized carbons (Fsp3) is 0.409. The molecule has 0 N–H and O–H groups in total. The number of anilines is 1. The number of aromatic nitrogens is 3. The number of benzene rings is 1. The Morgan fingerprint density at radius 2 is 1.67 bits per heavy atom. The van der Waals surface area contributed by atoms with Crippen LogP contribution in [0.1, 0.15) is 37.2 Å². The van der Waals surface area contributed by atoms with Gasteiger partial charge < -0.3 is 4.90 Å². The van der Waals surface area contributed by atoms with Crippen LogP contribution in [0.4, 0.5) is 5.82 Å². The van der Waals surface area contributed by atoms with E-state index >= 15 is 0 Å². The molecule has 1 saturated heterocycles. The van der Waals surface area contributed by atoms with Crippen molar-refractivity contribution in [3.63, 3.8) is 0 Å². The zero-order valence-corrected chi connectivity index (χ0v) is 16.0. The molecule has 0 spiro atoms. The van der Waals surface area contributed by atoms with Gasteiger partial charge in [0.05, 0.1) is 17.8 Å². The van der Waals surface area contributed by atoms with E-state index in [0.29, 0.717) is 6.54 Å². The van der Waals surface area contributed by atoms with E-state index in [9.17, 15) is 0 Å². The number of rotatable bonds is 5. The molecule has 2 aromatic heterocycles. The number of para-hydroxylation sites is 1. The maximum absolute atomic E-state index is 5.00. The van der Waals surface area contributed by atoms with Crippen LogP contribution in [0.15, 0.2) is 48.7 Å². The van der Waals surface area contributed by atoms with Crippen LogP contribution < -0.4 is 4.90 Å². The summed E-state index contributed by atoms with van der Waals surface area (Å²) in [5.41, 5.74) is 2.10. The molecule has 1 aromatic carbocycles. The van der Waals surface area contributed by atoms with Gasteiger partial charge in [0.2, 0.25) is 0 Å². The standard InChI is InChI=1S/C22H27N5/c1-26(16-18-10-6-7-13-23-18)17-21-24-20-12-5-4-11-19(20)22(25-21)27-14-8-2-3-9-15-27/h4-7,10-13H,2-3,8-9,14-17H2,1H3. The number of fused-ring (bicyclic) bond motifs is 1. The lowest BCUT2D eigenvalue weighted by Gasteiger charge is -2.24. The van der Waals surface area contributed by atoms with Crippen molar-refractivity contribution < 1.29 is 0 Å². The molecule has 3 heterocycles. The van der Waals surface area contributed by atoms with Crippen LogP contribution in [0.5, 0.6) is 0 Å². The van der Waals surface area contributed by atoms with Crippen LogP contribution in [-0.2, 0) is 13.1 Å². The summed E-state index contributed by atoms with van der Waals surface area (Å²) in [4.78, 5) is 18.9. The molecule has 1 aliphatic heterocycles. The highest BCUT2D eigenvalue weighted by atomic mass is 15.2. The fourth-order valence-corrected chi connectivity index (χ4v) is 3.77. The van der Waals surface area contributed by atoms with E-state index in [1.807, 2.05) is 18.3 Å². The second-order valence-electron chi connectivity index (χ2n) is 7.38. The van der Waals surface area contributed by atoms with Crippen LogP contribution >= 0.6 is 0 Å². The van der Waals surface area contributed by atoms with Crippen LogP contribution in [0.2, 0.25) is 0 Å². The molecule has 3 aromatic rings. The topological polar surface area (TPSA) is 45.2 Å². The number of hydrogen-bond donors (Lipinski definition) is 0. The molecule has 0 unspecified atom stereocenters. The highest BCUT2D eigenvalue weighted by Gasteiger charge is 2.17. The summed E-state index contributed by atoms with van der Waals surface area (Å²) < 4.78 is 0. The lowest BCUT2D eigenvalue weighted by atomic mass is 10.2. The minimum absolute atomic E-state index is 0.711. The van der Waals surface area contributed by atoms with Crippen molar-refractivity contribution >= 4 is 16.7 Å². The summed E-state index contributed by atoms with van der Waals surface area (Å²) in [5.74, 6) is 1.98. The average Bonchev–Trinajstić information content (AvgIpc) is 2.97. The van der Waals surface area contributed by atoms with Crippen LogP contribution in [0.3, 0.4) is 0 Å². The lowest BCUT2D eigenvalue weighted by molar-refractivity contribution is 0.307. The zero-order chi connectivity index (χ0) is 18.5. The molecule has 0 amide bonds.